The third kappa shape index (κ3) is 5.88. The number of aromatic hydroxyl groups is 1. The molecule has 0 aliphatic carbocycles. The van der Waals surface area contributed by atoms with Gasteiger partial charge in [-0.05, 0) is 54.4 Å². The first-order valence-electron chi connectivity index (χ1n) is 15.4. The zero-order valence-electron chi connectivity index (χ0n) is 27.0. The number of fused-ring (bicyclic) bond motifs is 5. The Balaban J connectivity index is 0.000000132. The number of nitrogens with zero attached hydrogens (tertiary/aromatic N) is 2. The third-order valence-electron chi connectivity index (χ3n) is 8.84. The van der Waals surface area contributed by atoms with Crippen LogP contribution in [0.1, 0.15) is 51.4 Å². The molecule has 0 spiro atoms. The number of rotatable bonds is 2. The van der Waals surface area contributed by atoms with Crippen LogP contribution in [0.25, 0.3) is 16.7 Å². The first kappa shape index (κ1) is 31.3. The number of pyridine rings is 1. The maximum atomic E-state index is 12.8. The number of benzene rings is 4. The molecule has 0 fully saturated rings. The Morgan fingerprint density at radius 1 is 0.702 bits per heavy atom. The Morgan fingerprint density at radius 2 is 1.26 bits per heavy atom. The van der Waals surface area contributed by atoms with Crippen LogP contribution in [0.5, 0.6) is 17.2 Å². The monoisotopic (exact) mass is 624 g/mol. The second-order valence-electron chi connectivity index (χ2n) is 12.6. The van der Waals surface area contributed by atoms with Crippen molar-refractivity contribution in [3.05, 3.63) is 159 Å². The average molecular weight is 625 g/mol. The fraction of sp³-hybridized carbons (Fsp3) is 0.175. The van der Waals surface area contributed by atoms with E-state index in [4.69, 9.17) is 9.15 Å². The lowest BCUT2D eigenvalue weighted by molar-refractivity contribution is 0.466. The number of hydrogen-bond acceptors (Lipinski definition) is 6. The van der Waals surface area contributed by atoms with Gasteiger partial charge in [0.25, 0.3) is 5.56 Å². The minimum Gasteiger partial charge on any atom is -0.507 e. The van der Waals surface area contributed by atoms with Crippen molar-refractivity contribution in [1.29, 1.82) is 0 Å². The number of hydrogen-bond donors (Lipinski definition) is 1. The third-order valence-corrected chi connectivity index (χ3v) is 8.84. The van der Waals surface area contributed by atoms with Gasteiger partial charge in [0, 0.05) is 28.3 Å². The molecule has 0 saturated heterocycles. The van der Waals surface area contributed by atoms with Crippen molar-refractivity contribution in [3.63, 3.8) is 0 Å². The van der Waals surface area contributed by atoms with Crippen molar-refractivity contribution in [2.45, 2.75) is 45.4 Å². The number of para-hydroxylation sites is 4. The van der Waals surface area contributed by atoms with E-state index < -0.39 is 11.0 Å². The quantitative estimate of drug-likeness (QED) is 0.208. The summed E-state index contributed by atoms with van der Waals surface area (Å²) in [6.45, 7) is 10.6. The summed E-state index contributed by atoms with van der Waals surface area (Å²) in [4.78, 5) is 28.8. The highest BCUT2D eigenvalue weighted by Gasteiger charge is 2.37. The van der Waals surface area contributed by atoms with E-state index in [2.05, 4.69) is 44.0 Å². The van der Waals surface area contributed by atoms with Crippen LogP contribution in [0.2, 0.25) is 0 Å². The van der Waals surface area contributed by atoms with E-state index in [0.717, 1.165) is 40.2 Å². The van der Waals surface area contributed by atoms with Gasteiger partial charge in [0.15, 0.2) is 0 Å². The molecule has 0 saturated carbocycles. The summed E-state index contributed by atoms with van der Waals surface area (Å²) in [7, 11) is 0. The molecule has 0 unspecified atom stereocenters. The van der Waals surface area contributed by atoms with Crippen LogP contribution in [0.3, 0.4) is 0 Å². The number of aromatic nitrogens is 1. The highest BCUT2D eigenvalue weighted by molar-refractivity contribution is 5.99. The molecule has 0 amide bonds. The predicted octanol–water partition coefficient (Wildman–Crippen LogP) is 8.84. The smallest absolute Gasteiger partial charge is 0.339 e. The minimum absolute atomic E-state index is 0.0239. The van der Waals surface area contributed by atoms with Gasteiger partial charge in [-0.3, -0.25) is 14.4 Å². The lowest BCUT2D eigenvalue weighted by Gasteiger charge is -2.19. The van der Waals surface area contributed by atoms with Gasteiger partial charge in [-0.2, -0.15) is 0 Å². The summed E-state index contributed by atoms with van der Waals surface area (Å²) in [6, 6.07) is 38.1. The largest absolute Gasteiger partial charge is 0.507 e. The lowest BCUT2D eigenvalue weighted by atomic mass is 9.82. The SMILES string of the molecule is CC1(C)c2ccccc2-n2c1cc1oc(=O)cc(O)c1c2=O.CC1=Nc2ccccc2C1(C)C.c1ccc(Oc2ccccc2)cc1. The van der Waals surface area contributed by atoms with Crippen LogP contribution in [0.4, 0.5) is 5.69 Å². The van der Waals surface area contributed by atoms with Crippen molar-refractivity contribution < 1.29 is 14.3 Å². The van der Waals surface area contributed by atoms with Gasteiger partial charge in [0.1, 0.15) is 28.2 Å². The Labute approximate surface area is 273 Å². The summed E-state index contributed by atoms with van der Waals surface area (Å²) < 4.78 is 12.3. The van der Waals surface area contributed by atoms with E-state index in [1.54, 1.807) is 10.6 Å². The molecular formula is C40H36N2O5. The van der Waals surface area contributed by atoms with Crippen molar-refractivity contribution in [2.24, 2.45) is 4.99 Å². The van der Waals surface area contributed by atoms with E-state index in [1.165, 1.54) is 11.3 Å². The standard InChI is InChI=1S/C17H13NO4.C12H10O.C11H13N/c1-17(2)9-5-3-4-6-10(9)18-13(17)8-12-15(16(18)21)11(19)7-14(20)22-12;1-3-7-11(8-4-1)13-12-9-5-2-6-10-12;1-8-11(2,3)9-6-4-5-7-10(9)12-8/h3-8,19H,1-2H3;1-10H;4-7H,1-3H3. The second-order valence-corrected chi connectivity index (χ2v) is 12.6. The minimum atomic E-state index is -0.678. The van der Waals surface area contributed by atoms with E-state index in [9.17, 15) is 14.7 Å². The topological polar surface area (TPSA) is 94.0 Å². The summed E-state index contributed by atoms with van der Waals surface area (Å²) in [5.74, 6) is 1.39. The van der Waals surface area contributed by atoms with E-state index in [1.807, 2.05) is 105 Å². The molecule has 7 nitrogen and oxygen atoms in total. The normalized spacial score (nSPS) is 14.4. The van der Waals surface area contributed by atoms with Gasteiger partial charge in [0.05, 0.1) is 17.4 Å². The maximum absolute atomic E-state index is 12.8. The van der Waals surface area contributed by atoms with Gasteiger partial charge in [0.2, 0.25) is 0 Å². The molecule has 2 aliphatic rings. The lowest BCUT2D eigenvalue weighted by Crippen LogP contribution is -2.23. The molecule has 4 heterocycles. The van der Waals surface area contributed by atoms with Gasteiger partial charge in [-0.1, -0.05) is 100 Å². The molecule has 0 bridgehead atoms. The molecule has 0 atom stereocenters. The molecule has 4 aromatic carbocycles. The molecule has 236 valence electrons. The first-order valence-corrected chi connectivity index (χ1v) is 15.4. The van der Waals surface area contributed by atoms with Crippen molar-refractivity contribution >= 4 is 22.4 Å². The van der Waals surface area contributed by atoms with Crippen LogP contribution >= 0.6 is 0 Å². The first-order chi connectivity index (χ1) is 22.5. The molecule has 7 heteroatoms. The molecule has 0 radical (unpaired) electrons. The number of aliphatic imine (C=N–C) groups is 1. The molecular weight excluding hydrogens is 588 g/mol. The van der Waals surface area contributed by atoms with E-state index in [0.29, 0.717) is 0 Å². The van der Waals surface area contributed by atoms with Crippen molar-refractivity contribution in [3.8, 4) is 22.9 Å². The Bertz CT molecular complexity index is 2190. The van der Waals surface area contributed by atoms with E-state index >= 15 is 0 Å². The molecule has 8 rings (SSSR count). The average Bonchev–Trinajstić information content (AvgIpc) is 3.43. The highest BCUT2D eigenvalue weighted by Crippen LogP contribution is 2.42. The molecule has 2 aromatic heterocycles. The summed E-state index contributed by atoms with van der Waals surface area (Å²) in [5.41, 5.74) is 5.04. The van der Waals surface area contributed by atoms with Crippen molar-refractivity contribution in [1.82, 2.24) is 4.57 Å². The summed E-state index contributed by atoms with van der Waals surface area (Å²) >= 11 is 0. The predicted molar refractivity (Wildman–Crippen MR) is 187 cm³/mol. The Hall–Kier alpha value is -5.69. The van der Waals surface area contributed by atoms with Crippen LogP contribution < -0.4 is 15.9 Å². The molecule has 2 aliphatic heterocycles. The fourth-order valence-electron chi connectivity index (χ4n) is 5.99. The Morgan fingerprint density at radius 3 is 1.87 bits per heavy atom. The summed E-state index contributed by atoms with van der Waals surface area (Å²) in [5, 5.41) is 9.99. The highest BCUT2D eigenvalue weighted by atomic mass is 16.5. The molecule has 47 heavy (non-hydrogen) atoms. The van der Waals surface area contributed by atoms with Gasteiger partial charge >= 0.3 is 5.63 Å². The van der Waals surface area contributed by atoms with E-state index in [-0.39, 0.29) is 27.7 Å². The number of ether oxygens (including phenoxy) is 1. The Kier molecular flexibility index (Phi) is 8.16. The summed E-state index contributed by atoms with van der Waals surface area (Å²) in [6.07, 6.45) is 0. The van der Waals surface area contributed by atoms with Crippen molar-refractivity contribution in [2.75, 3.05) is 0 Å². The van der Waals surface area contributed by atoms with Gasteiger partial charge in [-0.15, -0.1) is 0 Å². The maximum Gasteiger partial charge on any atom is 0.339 e. The zero-order chi connectivity index (χ0) is 33.3. The van der Waals surface area contributed by atoms with Crippen LogP contribution in [-0.2, 0) is 10.8 Å². The molecule has 6 aromatic rings. The zero-order valence-corrected chi connectivity index (χ0v) is 27.0. The fourth-order valence-corrected chi connectivity index (χ4v) is 5.99. The second kappa shape index (κ2) is 12.2. The molecule has 1 N–H and O–H groups in total. The van der Waals surface area contributed by atoms with Crippen LogP contribution in [0, 0.1) is 0 Å². The van der Waals surface area contributed by atoms with Crippen LogP contribution in [0.15, 0.2) is 140 Å². The van der Waals surface area contributed by atoms with Gasteiger partial charge < -0.3 is 14.3 Å². The van der Waals surface area contributed by atoms with Gasteiger partial charge in [-0.25, -0.2) is 4.79 Å². The van der Waals surface area contributed by atoms with Crippen LogP contribution in [-0.4, -0.2) is 15.4 Å².